The fourth-order valence-electron chi connectivity index (χ4n) is 10.0. The molecule has 2 aliphatic carbocycles. The lowest BCUT2D eigenvalue weighted by atomic mass is 9.49. The number of rotatable bonds is 6. The molecule has 1 aromatic heterocycles. The Morgan fingerprint density at radius 3 is 2.33 bits per heavy atom. The molecular weight excluding hydrogens is 822 g/mol. The molecule has 6 unspecified atom stereocenters. The van der Waals surface area contributed by atoms with Gasteiger partial charge in [-0.2, -0.15) is 0 Å². The van der Waals surface area contributed by atoms with E-state index >= 15 is 9.59 Å². The number of anilines is 2. The third kappa shape index (κ3) is 5.19. The Hall–Kier alpha value is -6.04. The normalized spacial score (nSPS) is 25.2. The number of hydrogen-bond donors (Lipinski definition) is 1. The lowest BCUT2D eigenvalue weighted by molar-refractivity contribution is -0.127. The summed E-state index contributed by atoms with van der Waals surface area (Å²) in [4.78, 5) is 66.8. The number of carbonyl (C=O) groups excluding carboxylic acids is 4. The van der Waals surface area contributed by atoms with Crippen LogP contribution in [-0.4, -0.2) is 40.8 Å². The summed E-state index contributed by atoms with van der Waals surface area (Å²) in [5, 5.41) is 11.3. The molecule has 6 atom stereocenters. The van der Waals surface area contributed by atoms with Crippen LogP contribution in [-0.2, 0) is 24.6 Å². The summed E-state index contributed by atoms with van der Waals surface area (Å²) in [6, 6.07) is 33.8. The molecule has 0 bridgehead atoms. The number of fused-ring (bicyclic) bond motifs is 5. The van der Waals surface area contributed by atoms with Crippen LogP contribution >= 0.6 is 27.5 Å². The van der Waals surface area contributed by atoms with Gasteiger partial charge >= 0.3 is 0 Å². The SMILES string of the molecule is COc1cc(C2C3=CCC4C(=O)N(c5ccc(-c6nc7ccccc7o6)cc5)C(=O)C4C3CC3C(=O)N(c4cccc(Cl)c4)C(=O)C32c2ccccc2)cc(Br)c1O. The van der Waals surface area contributed by atoms with Gasteiger partial charge in [-0.05, 0) is 113 Å². The minimum absolute atomic E-state index is 0.120. The molecule has 1 N–H and O–H groups in total. The largest absolute Gasteiger partial charge is 0.503 e. The van der Waals surface area contributed by atoms with E-state index in [1.54, 1.807) is 60.7 Å². The number of nitrogens with zero attached hydrogens (tertiary/aromatic N) is 3. The van der Waals surface area contributed by atoms with Crippen molar-refractivity contribution in [2.24, 2.45) is 23.7 Å². The molecule has 2 aliphatic heterocycles. The molecule has 4 amide bonds. The van der Waals surface area contributed by atoms with Crippen LogP contribution in [0.3, 0.4) is 0 Å². The van der Waals surface area contributed by atoms with Crippen LogP contribution in [0.5, 0.6) is 11.5 Å². The second kappa shape index (κ2) is 13.5. The Bertz CT molecular complexity index is 2720. The van der Waals surface area contributed by atoms with E-state index < -0.39 is 46.8 Å². The highest BCUT2D eigenvalue weighted by Gasteiger charge is 2.70. The second-order valence-corrected chi connectivity index (χ2v) is 16.5. The van der Waals surface area contributed by atoms with Crippen LogP contribution in [0.15, 0.2) is 136 Å². The predicted octanol–water partition coefficient (Wildman–Crippen LogP) is 8.99. The molecule has 12 heteroatoms. The van der Waals surface area contributed by atoms with E-state index in [9.17, 15) is 14.7 Å². The van der Waals surface area contributed by atoms with Gasteiger partial charge in [-0.25, -0.2) is 9.88 Å². The van der Waals surface area contributed by atoms with Crippen molar-refractivity contribution in [3.63, 3.8) is 0 Å². The zero-order valence-electron chi connectivity index (χ0n) is 30.8. The Morgan fingerprint density at radius 1 is 0.828 bits per heavy atom. The molecule has 5 aromatic carbocycles. The summed E-state index contributed by atoms with van der Waals surface area (Å²) in [5.74, 6) is -4.88. The first-order valence-corrected chi connectivity index (χ1v) is 20.1. The predicted molar refractivity (Wildman–Crippen MR) is 220 cm³/mol. The van der Waals surface area contributed by atoms with Crippen molar-refractivity contribution in [2.45, 2.75) is 24.2 Å². The number of halogens is 2. The first kappa shape index (κ1) is 36.3. The smallest absolute Gasteiger partial charge is 0.246 e. The van der Waals surface area contributed by atoms with E-state index in [1.807, 2.05) is 60.7 Å². The van der Waals surface area contributed by atoms with E-state index in [-0.39, 0.29) is 36.2 Å². The molecule has 3 fully saturated rings. The molecule has 10 nitrogen and oxygen atoms in total. The summed E-state index contributed by atoms with van der Waals surface area (Å²) in [5.41, 5.74) is 3.35. The van der Waals surface area contributed by atoms with Crippen molar-refractivity contribution in [2.75, 3.05) is 16.9 Å². The molecule has 3 heterocycles. The van der Waals surface area contributed by atoms with Crippen LogP contribution < -0.4 is 14.5 Å². The number of oxazole rings is 1. The Labute approximate surface area is 345 Å². The maximum Gasteiger partial charge on any atom is 0.246 e. The number of amides is 4. The van der Waals surface area contributed by atoms with Crippen LogP contribution in [0.25, 0.3) is 22.6 Å². The summed E-state index contributed by atoms with van der Waals surface area (Å²) < 4.78 is 11.9. The van der Waals surface area contributed by atoms with Crippen molar-refractivity contribution in [1.29, 1.82) is 0 Å². The van der Waals surface area contributed by atoms with E-state index in [2.05, 4.69) is 20.9 Å². The van der Waals surface area contributed by atoms with Gasteiger partial charge in [0.1, 0.15) is 5.52 Å². The lowest BCUT2D eigenvalue weighted by Crippen LogP contribution is -2.53. The number of hydrogen-bond acceptors (Lipinski definition) is 8. The number of methoxy groups -OCH3 is 1. The number of benzene rings is 5. The summed E-state index contributed by atoms with van der Waals surface area (Å²) in [7, 11) is 1.44. The first-order valence-electron chi connectivity index (χ1n) is 18.9. The Morgan fingerprint density at radius 2 is 1.59 bits per heavy atom. The number of imide groups is 2. The molecule has 0 radical (unpaired) electrons. The number of phenolic OH excluding ortho intramolecular Hbond substituents is 1. The number of para-hydroxylation sites is 2. The number of ether oxygens (including phenoxy) is 1. The molecule has 10 rings (SSSR count). The first-order chi connectivity index (χ1) is 28.1. The third-order valence-corrected chi connectivity index (χ3v) is 13.3. The summed E-state index contributed by atoms with van der Waals surface area (Å²) in [6.45, 7) is 0. The standard InChI is InChI=1S/C46H33BrClN3O7/c1-57-37-21-25(20-34(47)40(37)52)39-30-18-19-31-38(44(55)50(42(31)53)28-16-14-24(15-17-28)41-49-35-12-5-6-13-36(35)58-41)32(30)23-33-43(54)51(29-11-7-10-27(48)22-29)45(56)46(33,39)26-8-3-2-4-9-26/h2-18,20-22,31-33,38-39,52H,19,23H2,1H3. The monoisotopic (exact) mass is 853 g/mol. The highest BCUT2D eigenvalue weighted by molar-refractivity contribution is 9.10. The third-order valence-electron chi connectivity index (χ3n) is 12.4. The zero-order chi connectivity index (χ0) is 40.0. The topological polar surface area (TPSA) is 130 Å². The fraction of sp³-hybridized carbons (Fsp3) is 0.196. The Kier molecular flexibility index (Phi) is 8.47. The van der Waals surface area contributed by atoms with Gasteiger partial charge in [0.25, 0.3) is 0 Å². The van der Waals surface area contributed by atoms with Gasteiger partial charge in [0.2, 0.25) is 29.5 Å². The number of aromatic hydroxyl groups is 1. The summed E-state index contributed by atoms with van der Waals surface area (Å²) in [6.07, 6.45) is 2.39. The van der Waals surface area contributed by atoms with Gasteiger partial charge in [0, 0.05) is 16.5 Å². The molecule has 2 saturated heterocycles. The van der Waals surface area contributed by atoms with Gasteiger partial charge in [0.15, 0.2) is 17.1 Å². The average molecular weight is 855 g/mol. The second-order valence-electron chi connectivity index (χ2n) is 15.2. The quantitative estimate of drug-likeness (QED) is 0.130. The van der Waals surface area contributed by atoms with Gasteiger partial charge in [-0.3, -0.25) is 24.1 Å². The van der Waals surface area contributed by atoms with Crippen molar-refractivity contribution >= 4 is 73.6 Å². The fourth-order valence-corrected chi connectivity index (χ4v) is 10.7. The van der Waals surface area contributed by atoms with Crippen molar-refractivity contribution < 1.29 is 33.4 Å². The molecule has 6 aromatic rings. The molecular formula is C46H33BrClN3O7. The number of allylic oxidation sites excluding steroid dienone is 2. The molecule has 58 heavy (non-hydrogen) atoms. The van der Waals surface area contributed by atoms with Gasteiger partial charge in [-0.15, -0.1) is 0 Å². The minimum atomic E-state index is -1.48. The van der Waals surface area contributed by atoms with Gasteiger partial charge in [0.05, 0.1) is 46.1 Å². The number of phenols is 1. The minimum Gasteiger partial charge on any atom is -0.503 e. The van der Waals surface area contributed by atoms with Crippen LogP contribution in [0.2, 0.25) is 5.02 Å². The van der Waals surface area contributed by atoms with E-state index in [4.69, 9.17) is 20.8 Å². The zero-order valence-corrected chi connectivity index (χ0v) is 33.2. The lowest BCUT2D eigenvalue weighted by Gasteiger charge is -2.50. The van der Waals surface area contributed by atoms with Crippen molar-refractivity contribution in [3.05, 3.63) is 148 Å². The van der Waals surface area contributed by atoms with Gasteiger partial charge in [-0.1, -0.05) is 71.8 Å². The van der Waals surface area contributed by atoms with E-state index in [0.29, 0.717) is 49.0 Å². The highest BCUT2D eigenvalue weighted by atomic mass is 79.9. The molecule has 4 aliphatic rings. The van der Waals surface area contributed by atoms with Crippen LogP contribution in [0.4, 0.5) is 11.4 Å². The maximum atomic E-state index is 15.5. The average Bonchev–Trinajstić information content (AvgIpc) is 3.86. The maximum absolute atomic E-state index is 15.5. The van der Waals surface area contributed by atoms with Crippen LogP contribution in [0.1, 0.15) is 29.9 Å². The molecule has 0 spiro atoms. The van der Waals surface area contributed by atoms with Crippen LogP contribution in [0, 0.1) is 23.7 Å². The highest BCUT2D eigenvalue weighted by Crippen LogP contribution is 2.65. The van der Waals surface area contributed by atoms with E-state index in [1.165, 1.54) is 16.9 Å². The van der Waals surface area contributed by atoms with E-state index in [0.717, 1.165) is 11.1 Å². The van der Waals surface area contributed by atoms with Crippen molar-refractivity contribution in [3.8, 4) is 23.0 Å². The molecule has 288 valence electrons. The van der Waals surface area contributed by atoms with Gasteiger partial charge < -0.3 is 14.3 Å². The summed E-state index contributed by atoms with van der Waals surface area (Å²) >= 11 is 9.95. The van der Waals surface area contributed by atoms with Crippen molar-refractivity contribution in [1.82, 2.24) is 4.98 Å². The number of carbonyl (C=O) groups is 4. The molecule has 1 saturated carbocycles. The Balaban J connectivity index is 1.11. The number of aromatic nitrogens is 1.